The lowest BCUT2D eigenvalue weighted by Gasteiger charge is -2.21. The highest BCUT2D eigenvalue weighted by molar-refractivity contribution is 7.12. The van der Waals surface area contributed by atoms with Crippen molar-refractivity contribution in [1.82, 2.24) is 10.6 Å². The van der Waals surface area contributed by atoms with E-state index in [4.69, 9.17) is 4.74 Å². The summed E-state index contributed by atoms with van der Waals surface area (Å²) >= 11 is 1.36. The van der Waals surface area contributed by atoms with Crippen LogP contribution in [0.5, 0.6) is 0 Å². The quantitative estimate of drug-likeness (QED) is 0.628. The third-order valence-corrected chi connectivity index (χ3v) is 4.73. The van der Waals surface area contributed by atoms with E-state index in [2.05, 4.69) is 10.6 Å². The van der Waals surface area contributed by atoms with Crippen molar-refractivity contribution in [2.75, 3.05) is 13.2 Å². The summed E-state index contributed by atoms with van der Waals surface area (Å²) in [6, 6.07) is 13.0. The van der Waals surface area contributed by atoms with Crippen LogP contribution < -0.4 is 10.6 Å². The van der Waals surface area contributed by atoms with Crippen LogP contribution in [0.4, 0.5) is 0 Å². The Morgan fingerprint density at radius 1 is 1.12 bits per heavy atom. The van der Waals surface area contributed by atoms with Gasteiger partial charge in [0.1, 0.15) is 6.04 Å². The first-order chi connectivity index (χ1) is 12.6. The molecule has 1 atom stereocenters. The zero-order valence-electron chi connectivity index (χ0n) is 15.2. The molecule has 1 heterocycles. The second kappa shape index (κ2) is 10.7. The molecule has 2 N–H and O–H groups in total. The van der Waals surface area contributed by atoms with Gasteiger partial charge in [-0.15, -0.1) is 11.3 Å². The fraction of sp³-hybridized carbons (Fsp3) is 0.400. The first-order valence-corrected chi connectivity index (χ1v) is 9.69. The molecule has 26 heavy (non-hydrogen) atoms. The minimum atomic E-state index is -0.546. The number of rotatable bonds is 10. The molecule has 0 bridgehead atoms. The van der Waals surface area contributed by atoms with Crippen LogP contribution in [-0.4, -0.2) is 31.0 Å². The normalized spacial score (nSPS) is 12.0. The number of carbonyl (C=O) groups is 2. The van der Waals surface area contributed by atoms with Crippen molar-refractivity contribution in [2.45, 2.75) is 32.9 Å². The van der Waals surface area contributed by atoms with Crippen molar-refractivity contribution in [3.05, 3.63) is 58.3 Å². The Kier molecular flexibility index (Phi) is 8.31. The first kappa shape index (κ1) is 20.1. The average molecular weight is 375 g/mol. The van der Waals surface area contributed by atoms with Gasteiger partial charge in [-0.1, -0.05) is 50.2 Å². The van der Waals surface area contributed by atoms with Crippen molar-refractivity contribution in [3.63, 3.8) is 0 Å². The van der Waals surface area contributed by atoms with Gasteiger partial charge in [0.25, 0.3) is 5.91 Å². The minimum absolute atomic E-state index is 0.00763. The van der Waals surface area contributed by atoms with Crippen molar-refractivity contribution in [3.8, 4) is 0 Å². The largest absolute Gasteiger partial charge is 0.377 e. The molecular weight excluding hydrogens is 348 g/mol. The number of amides is 2. The summed E-state index contributed by atoms with van der Waals surface area (Å²) in [5.41, 5.74) is 1.13. The van der Waals surface area contributed by atoms with Crippen molar-refractivity contribution in [2.24, 2.45) is 5.92 Å². The van der Waals surface area contributed by atoms with Gasteiger partial charge in [0.2, 0.25) is 5.91 Å². The fourth-order valence-electron chi connectivity index (χ4n) is 2.42. The van der Waals surface area contributed by atoms with Crippen LogP contribution >= 0.6 is 11.3 Å². The molecular formula is C20H26N2O3S. The Morgan fingerprint density at radius 3 is 2.54 bits per heavy atom. The molecule has 6 heteroatoms. The first-order valence-electron chi connectivity index (χ1n) is 8.81. The molecule has 1 unspecified atom stereocenters. The van der Waals surface area contributed by atoms with Crippen LogP contribution in [0.3, 0.4) is 0 Å². The summed E-state index contributed by atoms with van der Waals surface area (Å²) in [6.45, 7) is 5.50. The lowest BCUT2D eigenvalue weighted by atomic mass is 10.0. The second-order valence-corrected chi connectivity index (χ2v) is 7.30. The van der Waals surface area contributed by atoms with Gasteiger partial charge in [0.05, 0.1) is 11.5 Å². The van der Waals surface area contributed by atoms with E-state index in [0.29, 0.717) is 24.6 Å². The van der Waals surface area contributed by atoms with Crippen LogP contribution in [0.1, 0.15) is 35.5 Å². The lowest BCUT2D eigenvalue weighted by Crippen LogP contribution is -2.49. The van der Waals surface area contributed by atoms with Gasteiger partial charge in [0, 0.05) is 13.2 Å². The van der Waals surface area contributed by atoms with Gasteiger partial charge in [-0.05, 0) is 29.3 Å². The molecule has 0 saturated carbocycles. The van der Waals surface area contributed by atoms with Crippen LogP contribution in [0, 0.1) is 5.92 Å². The smallest absolute Gasteiger partial charge is 0.262 e. The highest BCUT2D eigenvalue weighted by Gasteiger charge is 2.24. The molecule has 2 rings (SSSR count). The molecule has 2 aromatic rings. The van der Waals surface area contributed by atoms with E-state index in [-0.39, 0.29) is 17.7 Å². The van der Waals surface area contributed by atoms with Gasteiger partial charge in [-0.3, -0.25) is 9.59 Å². The molecule has 0 fully saturated rings. The van der Waals surface area contributed by atoms with E-state index < -0.39 is 6.04 Å². The van der Waals surface area contributed by atoms with Gasteiger partial charge in [0.15, 0.2) is 0 Å². The molecule has 5 nitrogen and oxygen atoms in total. The molecule has 0 spiro atoms. The Labute approximate surface area is 158 Å². The summed E-state index contributed by atoms with van der Waals surface area (Å²) < 4.78 is 5.60. The Bertz CT molecular complexity index is 672. The summed E-state index contributed by atoms with van der Waals surface area (Å²) in [7, 11) is 0. The highest BCUT2D eigenvalue weighted by Crippen LogP contribution is 2.10. The average Bonchev–Trinajstić information content (AvgIpc) is 3.17. The van der Waals surface area contributed by atoms with Crippen molar-refractivity contribution in [1.29, 1.82) is 0 Å². The standard InChI is InChI=1S/C20H26N2O3S/c1-15(2)18(22-19(23)17-10-6-13-26-17)20(24)21-11-7-12-25-14-16-8-4-3-5-9-16/h3-6,8-10,13,15,18H,7,11-12,14H2,1-2H3,(H,21,24)(H,22,23). The number of hydrogen-bond acceptors (Lipinski definition) is 4. The number of carbonyl (C=O) groups excluding carboxylic acids is 2. The van der Waals surface area contributed by atoms with Crippen LogP contribution in [0.25, 0.3) is 0 Å². The number of benzene rings is 1. The third kappa shape index (κ3) is 6.61. The highest BCUT2D eigenvalue weighted by atomic mass is 32.1. The van der Waals surface area contributed by atoms with Crippen LogP contribution in [0.2, 0.25) is 0 Å². The summed E-state index contributed by atoms with van der Waals surface area (Å²) in [5, 5.41) is 7.55. The zero-order chi connectivity index (χ0) is 18.8. The Balaban J connectivity index is 1.68. The topological polar surface area (TPSA) is 67.4 Å². The van der Waals surface area contributed by atoms with Crippen LogP contribution in [0.15, 0.2) is 47.8 Å². The molecule has 0 aliphatic carbocycles. The SMILES string of the molecule is CC(C)C(NC(=O)c1cccs1)C(=O)NCCCOCc1ccccc1. The number of thiophene rings is 1. The number of hydrogen-bond donors (Lipinski definition) is 2. The van der Waals surface area contributed by atoms with E-state index in [1.54, 1.807) is 6.07 Å². The maximum absolute atomic E-state index is 12.4. The maximum Gasteiger partial charge on any atom is 0.262 e. The van der Waals surface area contributed by atoms with Gasteiger partial charge in [-0.2, -0.15) is 0 Å². The monoisotopic (exact) mass is 374 g/mol. The number of ether oxygens (including phenoxy) is 1. The summed E-state index contributed by atoms with van der Waals surface area (Å²) in [6.07, 6.45) is 0.724. The van der Waals surface area contributed by atoms with E-state index in [0.717, 1.165) is 12.0 Å². The minimum Gasteiger partial charge on any atom is -0.377 e. The molecule has 0 aliphatic rings. The lowest BCUT2D eigenvalue weighted by molar-refractivity contribution is -0.124. The van der Waals surface area contributed by atoms with E-state index in [1.807, 2.05) is 55.6 Å². The second-order valence-electron chi connectivity index (χ2n) is 6.36. The predicted octanol–water partition coefficient (Wildman–Crippen LogP) is 3.23. The summed E-state index contributed by atoms with van der Waals surface area (Å²) in [5.74, 6) is -0.360. The molecule has 0 aliphatic heterocycles. The molecule has 140 valence electrons. The third-order valence-electron chi connectivity index (χ3n) is 3.86. The van der Waals surface area contributed by atoms with Crippen LogP contribution in [-0.2, 0) is 16.1 Å². The van der Waals surface area contributed by atoms with E-state index in [9.17, 15) is 9.59 Å². The van der Waals surface area contributed by atoms with Gasteiger partial charge in [-0.25, -0.2) is 0 Å². The van der Waals surface area contributed by atoms with Crippen molar-refractivity contribution >= 4 is 23.2 Å². The van der Waals surface area contributed by atoms with E-state index >= 15 is 0 Å². The number of nitrogens with one attached hydrogen (secondary N) is 2. The zero-order valence-corrected chi connectivity index (χ0v) is 16.1. The molecule has 2 amide bonds. The predicted molar refractivity (Wildman–Crippen MR) is 104 cm³/mol. The Hall–Kier alpha value is -2.18. The fourth-order valence-corrected chi connectivity index (χ4v) is 3.04. The Morgan fingerprint density at radius 2 is 1.88 bits per heavy atom. The molecule has 0 radical (unpaired) electrons. The maximum atomic E-state index is 12.4. The van der Waals surface area contributed by atoms with Gasteiger partial charge < -0.3 is 15.4 Å². The summed E-state index contributed by atoms with van der Waals surface area (Å²) in [4.78, 5) is 25.2. The molecule has 0 saturated heterocycles. The molecule has 1 aromatic carbocycles. The van der Waals surface area contributed by atoms with Crippen molar-refractivity contribution < 1.29 is 14.3 Å². The van der Waals surface area contributed by atoms with Gasteiger partial charge >= 0.3 is 0 Å². The molecule has 1 aromatic heterocycles. The van der Waals surface area contributed by atoms with E-state index in [1.165, 1.54) is 11.3 Å².